The number of nitrogens with zero attached hydrogens (tertiary/aromatic N) is 1. The number of ether oxygens (including phenoxy) is 1. The third-order valence-corrected chi connectivity index (χ3v) is 1.92. The van der Waals surface area contributed by atoms with E-state index >= 15 is 0 Å². The average molecular weight is 211 g/mol. The van der Waals surface area contributed by atoms with Gasteiger partial charge in [-0.1, -0.05) is 0 Å². The standard InChI is InChI=1S/C11H14FNO2/c1-8(11(14)13(2)3)15-10-6-4-9(12)5-7-10/h4-8H,1-3H3/t8-/m1/s1. The van der Waals surface area contributed by atoms with Crippen LogP contribution in [0, 0.1) is 5.82 Å². The Hall–Kier alpha value is -1.58. The van der Waals surface area contributed by atoms with Crippen LogP contribution in [0.3, 0.4) is 0 Å². The molecule has 0 aliphatic heterocycles. The Morgan fingerprint density at radius 3 is 2.33 bits per heavy atom. The Balaban J connectivity index is 2.62. The van der Waals surface area contributed by atoms with Crippen LogP contribution < -0.4 is 4.74 Å². The molecule has 1 rings (SSSR count). The number of likely N-dealkylation sites (N-methyl/N-ethyl adjacent to an activating group) is 1. The molecule has 15 heavy (non-hydrogen) atoms. The van der Waals surface area contributed by atoms with Gasteiger partial charge >= 0.3 is 0 Å². The lowest BCUT2D eigenvalue weighted by molar-refractivity contribution is -0.135. The van der Waals surface area contributed by atoms with Crippen molar-refractivity contribution in [2.75, 3.05) is 14.1 Å². The molecule has 4 heteroatoms. The SMILES string of the molecule is C[C@@H](Oc1ccc(F)cc1)C(=O)N(C)C. The molecular formula is C11H14FNO2. The van der Waals surface area contributed by atoms with E-state index in [0.717, 1.165) is 0 Å². The topological polar surface area (TPSA) is 29.5 Å². The number of hydrogen-bond donors (Lipinski definition) is 0. The molecule has 0 N–H and O–H groups in total. The van der Waals surface area contributed by atoms with Gasteiger partial charge in [0.2, 0.25) is 0 Å². The normalized spacial score (nSPS) is 12.0. The van der Waals surface area contributed by atoms with Crippen LogP contribution in [0.4, 0.5) is 4.39 Å². The van der Waals surface area contributed by atoms with Crippen LogP contribution in [0.1, 0.15) is 6.92 Å². The molecule has 1 amide bonds. The second-order valence-electron chi connectivity index (χ2n) is 3.45. The summed E-state index contributed by atoms with van der Waals surface area (Å²) in [6.07, 6.45) is -0.564. The molecule has 0 radical (unpaired) electrons. The summed E-state index contributed by atoms with van der Waals surface area (Å²) in [5, 5.41) is 0. The van der Waals surface area contributed by atoms with Crippen LogP contribution in [-0.4, -0.2) is 31.0 Å². The lowest BCUT2D eigenvalue weighted by Gasteiger charge is -2.18. The Kier molecular flexibility index (Phi) is 3.66. The second-order valence-corrected chi connectivity index (χ2v) is 3.45. The summed E-state index contributed by atoms with van der Waals surface area (Å²) in [4.78, 5) is 12.9. The largest absolute Gasteiger partial charge is 0.481 e. The van der Waals surface area contributed by atoms with Gasteiger partial charge in [-0.15, -0.1) is 0 Å². The minimum absolute atomic E-state index is 0.126. The quantitative estimate of drug-likeness (QED) is 0.761. The van der Waals surface area contributed by atoms with Crippen LogP contribution in [0.15, 0.2) is 24.3 Å². The molecule has 0 heterocycles. The molecule has 1 aromatic rings. The minimum Gasteiger partial charge on any atom is -0.481 e. The molecule has 0 saturated heterocycles. The first-order chi connectivity index (χ1) is 7.00. The Labute approximate surface area is 88.5 Å². The van der Waals surface area contributed by atoms with Crippen molar-refractivity contribution in [2.24, 2.45) is 0 Å². The second kappa shape index (κ2) is 4.77. The Bertz CT molecular complexity index is 335. The fourth-order valence-electron chi connectivity index (χ4n) is 1.13. The van der Waals surface area contributed by atoms with Gasteiger partial charge in [0.1, 0.15) is 11.6 Å². The highest BCUT2D eigenvalue weighted by molar-refractivity contribution is 5.80. The van der Waals surface area contributed by atoms with E-state index in [0.29, 0.717) is 5.75 Å². The van der Waals surface area contributed by atoms with Crippen molar-refractivity contribution >= 4 is 5.91 Å². The van der Waals surface area contributed by atoms with Gasteiger partial charge in [0.15, 0.2) is 6.10 Å². The number of hydrogen-bond acceptors (Lipinski definition) is 2. The third kappa shape index (κ3) is 3.23. The maximum absolute atomic E-state index is 12.6. The average Bonchev–Trinajstić information content (AvgIpc) is 2.20. The van der Waals surface area contributed by atoms with Crippen molar-refractivity contribution < 1.29 is 13.9 Å². The summed E-state index contributed by atoms with van der Waals surface area (Å²) in [5.41, 5.74) is 0. The van der Waals surface area contributed by atoms with Crippen LogP contribution in [0.25, 0.3) is 0 Å². The van der Waals surface area contributed by atoms with Crippen LogP contribution in [0.5, 0.6) is 5.75 Å². The lowest BCUT2D eigenvalue weighted by Crippen LogP contribution is -2.35. The Morgan fingerprint density at radius 2 is 1.87 bits per heavy atom. The fourth-order valence-corrected chi connectivity index (χ4v) is 1.13. The first-order valence-corrected chi connectivity index (χ1v) is 4.64. The smallest absolute Gasteiger partial charge is 0.262 e. The van der Waals surface area contributed by atoms with E-state index in [9.17, 15) is 9.18 Å². The summed E-state index contributed by atoms with van der Waals surface area (Å²) in [7, 11) is 3.32. The van der Waals surface area contributed by atoms with Gasteiger partial charge in [0.25, 0.3) is 5.91 Å². The van der Waals surface area contributed by atoms with Crippen molar-refractivity contribution in [3.05, 3.63) is 30.1 Å². The summed E-state index contributed by atoms with van der Waals surface area (Å²) in [5.74, 6) is 0.0346. The summed E-state index contributed by atoms with van der Waals surface area (Å²) in [6.45, 7) is 1.66. The highest BCUT2D eigenvalue weighted by Gasteiger charge is 2.16. The Morgan fingerprint density at radius 1 is 1.33 bits per heavy atom. The molecule has 1 aromatic carbocycles. The molecule has 1 atom stereocenters. The molecule has 0 aromatic heterocycles. The zero-order chi connectivity index (χ0) is 11.4. The predicted molar refractivity (Wildman–Crippen MR) is 55.2 cm³/mol. The highest BCUT2D eigenvalue weighted by Crippen LogP contribution is 2.13. The molecule has 0 saturated carbocycles. The number of halogens is 1. The van der Waals surface area contributed by atoms with Crippen molar-refractivity contribution in [3.8, 4) is 5.75 Å². The number of carbonyl (C=O) groups is 1. The third-order valence-electron chi connectivity index (χ3n) is 1.92. The van der Waals surface area contributed by atoms with E-state index in [4.69, 9.17) is 4.74 Å². The maximum Gasteiger partial charge on any atom is 0.262 e. The van der Waals surface area contributed by atoms with E-state index in [2.05, 4.69) is 0 Å². The molecule has 0 aliphatic carbocycles. The number of carbonyl (C=O) groups excluding carboxylic acids is 1. The number of amides is 1. The molecule has 82 valence electrons. The first kappa shape index (κ1) is 11.5. The fraction of sp³-hybridized carbons (Fsp3) is 0.364. The van der Waals surface area contributed by atoms with Gasteiger partial charge < -0.3 is 9.64 Å². The molecule has 3 nitrogen and oxygen atoms in total. The molecule has 0 aliphatic rings. The van der Waals surface area contributed by atoms with Crippen molar-refractivity contribution in [2.45, 2.75) is 13.0 Å². The summed E-state index contributed by atoms with van der Waals surface area (Å²) in [6, 6.07) is 5.58. The number of benzene rings is 1. The molecular weight excluding hydrogens is 197 g/mol. The lowest BCUT2D eigenvalue weighted by atomic mass is 10.3. The van der Waals surface area contributed by atoms with E-state index in [1.165, 1.54) is 29.2 Å². The van der Waals surface area contributed by atoms with E-state index < -0.39 is 6.10 Å². The molecule has 0 fully saturated rings. The highest BCUT2D eigenvalue weighted by atomic mass is 19.1. The minimum atomic E-state index is -0.564. The van der Waals surface area contributed by atoms with Gasteiger partial charge in [-0.2, -0.15) is 0 Å². The van der Waals surface area contributed by atoms with Crippen LogP contribution in [-0.2, 0) is 4.79 Å². The van der Waals surface area contributed by atoms with Gasteiger partial charge in [0, 0.05) is 14.1 Å². The monoisotopic (exact) mass is 211 g/mol. The van der Waals surface area contributed by atoms with Crippen LogP contribution in [0.2, 0.25) is 0 Å². The molecule has 0 spiro atoms. The van der Waals surface area contributed by atoms with Gasteiger partial charge in [-0.05, 0) is 31.2 Å². The number of rotatable bonds is 3. The molecule has 0 bridgehead atoms. The van der Waals surface area contributed by atoms with Gasteiger partial charge in [-0.3, -0.25) is 4.79 Å². The van der Waals surface area contributed by atoms with E-state index in [1.54, 1.807) is 21.0 Å². The van der Waals surface area contributed by atoms with Crippen LogP contribution >= 0.6 is 0 Å². The van der Waals surface area contributed by atoms with Gasteiger partial charge in [-0.25, -0.2) is 4.39 Å². The van der Waals surface area contributed by atoms with E-state index in [-0.39, 0.29) is 11.7 Å². The summed E-state index contributed by atoms with van der Waals surface area (Å²) >= 11 is 0. The zero-order valence-corrected chi connectivity index (χ0v) is 9.03. The van der Waals surface area contributed by atoms with Crippen molar-refractivity contribution in [1.82, 2.24) is 4.90 Å². The zero-order valence-electron chi connectivity index (χ0n) is 9.03. The maximum atomic E-state index is 12.6. The summed E-state index contributed by atoms with van der Waals surface area (Å²) < 4.78 is 17.9. The van der Waals surface area contributed by atoms with E-state index in [1.807, 2.05) is 0 Å². The van der Waals surface area contributed by atoms with Crippen molar-refractivity contribution in [3.63, 3.8) is 0 Å². The molecule has 0 unspecified atom stereocenters. The van der Waals surface area contributed by atoms with Gasteiger partial charge in [0.05, 0.1) is 0 Å². The predicted octanol–water partition coefficient (Wildman–Crippen LogP) is 1.68. The van der Waals surface area contributed by atoms with Crippen molar-refractivity contribution in [1.29, 1.82) is 0 Å². The first-order valence-electron chi connectivity index (χ1n) is 4.64.